The summed E-state index contributed by atoms with van der Waals surface area (Å²) in [7, 11) is 1.57. The minimum Gasteiger partial charge on any atom is -0.385 e. The molecule has 3 amide bonds. The number of carbonyl (C=O) groups is 3. The molecule has 1 heterocycles. The van der Waals surface area contributed by atoms with Crippen LogP contribution in [0.4, 0.5) is 17.1 Å². The first-order chi connectivity index (χ1) is 19.2. The topological polar surface area (TPSA) is 131 Å². The summed E-state index contributed by atoms with van der Waals surface area (Å²) in [5.74, 6) is -1.19. The number of carbonyl (C=O) groups excluding carboxylic acids is 3. The zero-order valence-electron chi connectivity index (χ0n) is 22.2. The Morgan fingerprint density at radius 2 is 1.62 bits per heavy atom. The van der Waals surface area contributed by atoms with E-state index in [1.807, 2.05) is 32.0 Å². The minimum atomic E-state index is -0.530. The van der Waals surface area contributed by atoms with Gasteiger partial charge < -0.3 is 15.4 Å². The van der Waals surface area contributed by atoms with Crippen LogP contribution >= 0.6 is 11.8 Å². The van der Waals surface area contributed by atoms with Gasteiger partial charge in [-0.05, 0) is 79.9 Å². The van der Waals surface area contributed by atoms with E-state index in [-0.39, 0.29) is 34.3 Å². The number of anilines is 2. The summed E-state index contributed by atoms with van der Waals surface area (Å²) in [4.78, 5) is 51.6. The van der Waals surface area contributed by atoms with Gasteiger partial charge in [-0.15, -0.1) is 0 Å². The van der Waals surface area contributed by atoms with Crippen LogP contribution in [0.5, 0.6) is 0 Å². The van der Waals surface area contributed by atoms with Crippen molar-refractivity contribution in [2.45, 2.75) is 25.2 Å². The number of hydrogen-bond donors (Lipinski definition) is 2. The molecule has 3 aromatic carbocycles. The Morgan fingerprint density at radius 3 is 2.25 bits per heavy atom. The number of imide groups is 1. The molecule has 1 aliphatic rings. The quantitative estimate of drug-likeness (QED) is 0.140. The Balaban J connectivity index is 1.52. The van der Waals surface area contributed by atoms with Crippen molar-refractivity contribution in [2.75, 3.05) is 30.9 Å². The summed E-state index contributed by atoms with van der Waals surface area (Å²) in [5.41, 5.74) is 3.78. The van der Waals surface area contributed by atoms with Crippen LogP contribution in [0.1, 0.15) is 27.9 Å². The van der Waals surface area contributed by atoms with E-state index < -0.39 is 16.7 Å². The molecule has 11 heteroatoms. The molecule has 4 rings (SSSR count). The van der Waals surface area contributed by atoms with Gasteiger partial charge in [0.25, 0.3) is 23.4 Å². The van der Waals surface area contributed by atoms with Crippen molar-refractivity contribution >= 4 is 46.5 Å². The number of methoxy groups -OCH3 is 1. The molecular formula is C29H28N4O6S. The van der Waals surface area contributed by atoms with Gasteiger partial charge in [0.15, 0.2) is 0 Å². The second-order valence-electron chi connectivity index (χ2n) is 9.12. The van der Waals surface area contributed by atoms with E-state index in [1.54, 1.807) is 31.4 Å². The molecule has 0 atom stereocenters. The van der Waals surface area contributed by atoms with Crippen molar-refractivity contribution in [3.05, 3.63) is 104 Å². The number of nitro benzene ring substituents is 1. The van der Waals surface area contributed by atoms with Crippen LogP contribution in [0.3, 0.4) is 0 Å². The number of nitrogens with zero attached hydrogens (tertiary/aromatic N) is 2. The van der Waals surface area contributed by atoms with E-state index in [0.29, 0.717) is 29.3 Å². The maximum atomic E-state index is 13.3. The maximum absolute atomic E-state index is 13.3. The first-order valence-electron chi connectivity index (χ1n) is 12.5. The Labute approximate surface area is 235 Å². The molecule has 1 aliphatic heterocycles. The van der Waals surface area contributed by atoms with Gasteiger partial charge in [-0.2, -0.15) is 0 Å². The molecule has 0 saturated carbocycles. The zero-order valence-corrected chi connectivity index (χ0v) is 23.0. The van der Waals surface area contributed by atoms with E-state index in [4.69, 9.17) is 4.74 Å². The number of amides is 3. The molecular weight excluding hydrogens is 532 g/mol. The van der Waals surface area contributed by atoms with Crippen LogP contribution in [0.15, 0.2) is 82.2 Å². The third-order valence-corrected chi connectivity index (χ3v) is 7.40. The second-order valence-corrected chi connectivity index (χ2v) is 10.2. The fraction of sp³-hybridized carbons (Fsp3) is 0.207. The Hall–Kier alpha value is -4.48. The van der Waals surface area contributed by atoms with E-state index in [9.17, 15) is 24.5 Å². The number of ether oxygens (including phenoxy) is 1. The highest BCUT2D eigenvalue weighted by atomic mass is 32.2. The molecule has 3 aromatic rings. The zero-order chi connectivity index (χ0) is 28.8. The first kappa shape index (κ1) is 28.5. The molecule has 0 bridgehead atoms. The van der Waals surface area contributed by atoms with Gasteiger partial charge in [0, 0.05) is 54.2 Å². The van der Waals surface area contributed by atoms with Gasteiger partial charge in [-0.25, -0.2) is 0 Å². The molecule has 2 N–H and O–H groups in total. The van der Waals surface area contributed by atoms with Crippen LogP contribution < -0.4 is 10.6 Å². The lowest BCUT2D eigenvalue weighted by Gasteiger charge is -2.15. The standard InChI is InChI=1S/C29H28N4O6S/c1-18-5-8-22(17-19(18)2)30-25-26(29(36)32(28(25)35)15-4-16-39-3)40-24-13-9-21(10-14-24)31-27(34)20-6-11-23(12-7-20)33(37)38/h5-14,17,30H,4,15-16H2,1-3H3,(H,31,34). The fourth-order valence-electron chi connectivity index (χ4n) is 3.95. The molecule has 0 unspecified atom stereocenters. The van der Waals surface area contributed by atoms with E-state index in [0.717, 1.165) is 11.1 Å². The molecule has 0 fully saturated rings. The summed E-state index contributed by atoms with van der Waals surface area (Å²) in [6.45, 7) is 4.64. The predicted molar refractivity (Wildman–Crippen MR) is 153 cm³/mol. The Morgan fingerprint density at radius 1 is 0.950 bits per heavy atom. The van der Waals surface area contributed by atoms with Gasteiger partial charge in [-0.1, -0.05) is 17.8 Å². The van der Waals surface area contributed by atoms with Crippen molar-refractivity contribution in [3.63, 3.8) is 0 Å². The van der Waals surface area contributed by atoms with Crippen molar-refractivity contribution < 1.29 is 24.0 Å². The second kappa shape index (κ2) is 12.6. The first-order valence-corrected chi connectivity index (χ1v) is 13.3. The van der Waals surface area contributed by atoms with Crippen LogP contribution in [0.25, 0.3) is 0 Å². The molecule has 0 aliphatic carbocycles. The fourth-order valence-corrected chi connectivity index (χ4v) is 4.90. The maximum Gasteiger partial charge on any atom is 0.278 e. The molecule has 10 nitrogen and oxygen atoms in total. The Bertz CT molecular complexity index is 1490. The normalized spacial score (nSPS) is 13.1. The highest BCUT2D eigenvalue weighted by Gasteiger charge is 2.38. The van der Waals surface area contributed by atoms with Crippen LogP contribution in [0.2, 0.25) is 0 Å². The van der Waals surface area contributed by atoms with Crippen LogP contribution in [0, 0.1) is 24.0 Å². The highest BCUT2D eigenvalue weighted by molar-refractivity contribution is 8.04. The third kappa shape index (κ3) is 6.56. The van der Waals surface area contributed by atoms with E-state index in [1.165, 1.54) is 40.9 Å². The summed E-state index contributed by atoms with van der Waals surface area (Å²) in [6, 6.07) is 17.9. The number of non-ortho nitro benzene ring substituents is 1. The summed E-state index contributed by atoms with van der Waals surface area (Å²) >= 11 is 1.17. The molecule has 206 valence electrons. The van der Waals surface area contributed by atoms with Gasteiger partial charge in [0.2, 0.25) is 0 Å². The van der Waals surface area contributed by atoms with Crippen molar-refractivity contribution in [1.82, 2.24) is 4.90 Å². The lowest BCUT2D eigenvalue weighted by atomic mass is 10.1. The third-order valence-electron chi connectivity index (χ3n) is 6.30. The SMILES string of the molecule is COCCCN1C(=O)C(Nc2ccc(C)c(C)c2)=C(Sc2ccc(NC(=O)c3ccc([N+](=O)[O-])cc3)cc2)C1=O. The average molecular weight is 561 g/mol. The highest BCUT2D eigenvalue weighted by Crippen LogP contribution is 2.36. The molecule has 0 saturated heterocycles. The predicted octanol–water partition coefficient (Wildman–Crippen LogP) is 5.29. The smallest absolute Gasteiger partial charge is 0.278 e. The average Bonchev–Trinajstić information content (AvgIpc) is 3.15. The Kier molecular flexibility index (Phi) is 8.97. The molecule has 40 heavy (non-hydrogen) atoms. The van der Waals surface area contributed by atoms with Gasteiger partial charge in [0.05, 0.1) is 4.92 Å². The van der Waals surface area contributed by atoms with Crippen LogP contribution in [-0.2, 0) is 14.3 Å². The van der Waals surface area contributed by atoms with Crippen molar-refractivity contribution in [2.24, 2.45) is 0 Å². The lowest BCUT2D eigenvalue weighted by molar-refractivity contribution is -0.384. The molecule has 0 spiro atoms. The van der Waals surface area contributed by atoms with Crippen molar-refractivity contribution in [1.29, 1.82) is 0 Å². The van der Waals surface area contributed by atoms with Crippen LogP contribution in [-0.4, -0.2) is 47.8 Å². The summed E-state index contributed by atoms with van der Waals surface area (Å²) < 4.78 is 5.08. The van der Waals surface area contributed by atoms with Gasteiger partial charge in [0.1, 0.15) is 10.6 Å². The molecule has 0 aromatic heterocycles. The summed E-state index contributed by atoms with van der Waals surface area (Å²) in [5, 5.41) is 16.7. The van der Waals surface area contributed by atoms with Crippen molar-refractivity contribution in [3.8, 4) is 0 Å². The number of nitrogens with one attached hydrogen (secondary N) is 2. The monoisotopic (exact) mass is 560 g/mol. The lowest BCUT2D eigenvalue weighted by Crippen LogP contribution is -2.33. The van der Waals surface area contributed by atoms with E-state index >= 15 is 0 Å². The number of nitro groups is 1. The number of thioether (sulfide) groups is 1. The summed E-state index contributed by atoms with van der Waals surface area (Å²) in [6.07, 6.45) is 0.520. The number of rotatable bonds is 11. The number of hydrogen-bond acceptors (Lipinski definition) is 8. The van der Waals surface area contributed by atoms with E-state index in [2.05, 4.69) is 10.6 Å². The largest absolute Gasteiger partial charge is 0.385 e. The van der Waals surface area contributed by atoms with Gasteiger partial charge >= 0.3 is 0 Å². The number of aryl methyl sites for hydroxylation is 2. The van der Waals surface area contributed by atoms with Gasteiger partial charge in [-0.3, -0.25) is 29.4 Å². The molecule has 0 radical (unpaired) electrons. The minimum absolute atomic E-state index is 0.101. The number of benzene rings is 3.